The molecule has 1 aromatic carbocycles. The number of aromatic amines is 1. The SMILES string of the molecule is CCC(CC#N)C1=CCN2CCc3c([nH]c4ccccc34)C2C1. The van der Waals surface area contributed by atoms with Crippen LogP contribution >= 0.6 is 0 Å². The number of nitrogens with zero attached hydrogens (tertiary/aromatic N) is 2. The van der Waals surface area contributed by atoms with Crippen LogP contribution in [0.4, 0.5) is 0 Å². The third-order valence-corrected chi connectivity index (χ3v) is 5.64. The van der Waals surface area contributed by atoms with E-state index in [-0.39, 0.29) is 0 Å². The number of fused-ring (bicyclic) bond motifs is 5. The number of hydrogen-bond donors (Lipinski definition) is 1. The van der Waals surface area contributed by atoms with Gasteiger partial charge in [-0.25, -0.2) is 0 Å². The molecule has 0 saturated carbocycles. The Morgan fingerprint density at radius 3 is 3.09 bits per heavy atom. The topological polar surface area (TPSA) is 42.8 Å². The maximum Gasteiger partial charge on any atom is 0.0628 e. The summed E-state index contributed by atoms with van der Waals surface area (Å²) in [5.74, 6) is 0.428. The number of para-hydroxylation sites is 1. The summed E-state index contributed by atoms with van der Waals surface area (Å²) in [4.78, 5) is 6.27. The number of hydrogen-bond acceptors (Lipinski definition) is 2. The van der Waals surface area contributed by atoms with E-state index in [1.807, 2.05) is 0 Å². The van der Waals surface area contributed by atoms with Gasteiger partial charge in [-0.1, -0.05) is 36.8 Å². The molecule has 118 valence electrons. The minimum atomic E-state index is 0.428. The van der Waals surface area contributed by atoms with Gasteiger partial charge in [0.25, 0.3) is 0 Å². The molecule has 1 N–H and O–H groups in total. The van der Waals surface area contributed by atoms with Gasteiger partial charge in [0.1, 0.15) is 0 Å². The highest BCUT2D eigenvalue weighted by Gasteiger charge is 2.33. The maximum absolute atomic E-state index is 9.09. The van der Waals surface area contributed by atoms with Gasteiger partial charge in [-0.15, -0.1) is 0 Å². The first-order valence-corrected chi connectivity index (χ1v) is 8.71. The molecular formula is C20H23N3. The van der Waals surface area contributed by atoms with Crippen LogP contribution < -0.4 is 0 Å². The van der Waals surface area contributed by atoms with E-state index in [2.05, 4.69) is 53.2 Å². The van der Waals surface area contributed by atoms with Gasteiger partial charge >= 0.3 is 0 Å². The van der Waals surface area contributed by atoms with Crippen molar-refractivity contribution in [2.45, 2.75) is 38.6 Å². The summed E-state index contributed by atoms with van der Waals surface area (Å²) >= 11 is 0. The molecule has 3 nitrogen and oxygen atoms in total. The average Bonchev–Trinajstić information content (AvgIpc) is 2.98. The Morgan fingerprint density at radius 1 is 1.39 bits per heavy atom. The highest BCUT2D eigenvalue weighted by Crippen LogP contribution is 2.41. The van der Waals surface area contributed by atoms with Crippen molar-refractivity contribution >= 4 is 10.9 Å². The lowest BCUT2D eigenvalue weighted by Crippen LogP contribution is -2.38. The van der Waals surface area contributed by atoms with Gasteiger partial charge in [0.05, 0.1) is 12.1 Å². The Hall–Kier alpha value is -2.05. The second-order valence-corrected chi connectivity index (χ2v) is 6.77. The van der Waals surface area contributed by atoms with Crippen LogP contribution in [0.15, 0.2) is 35.9 Å². The first-order valence-electron chi connectivity index (χ1n) is 8.71. The molecule has 2 aromatic rings. The zero-order valence-electron chi connectivity index (χ0n) is 13.7. The monoisotopic (exact) mass is 305 g/mol. The molecule has 2 aliphatic heterocycles. The Balaban J connectivity index is 1.70. The first-order chi connectivity index (χ1) is 11.3. The summed E-state index contributed by atoms with van der Waals surface area (Å²) in [5.41, 5.74) is 5.67. The van der Waals surface area contributed by atoms with Crippen molar-refractivity contribution in [1.29, 1.82) is 5.26 Å². The molecule has 4 rings (SSSR count). The fourth-order valence-electron chi connectivity index (χ4n) is 4.34. The van der Waals surface area contributed by atoms with Crippen LogP contribution in [0.1, 0.15) is 43.5 Å². The van der Waals surface area contributed by atoms with Crippen LogP contribution in [-0.2, 0) is 6.42 Å². The minimum Gasteiger partial charge on any atom is -0.357 e. The Labute approximate surface area is 137 Å². The van der Waals surface area contributed by atoms with Gasteiger partial charge in [0, 0.05) is 36.1 Å². The predicted molar refractivity (Wildman–Crippen MR) is 93.0 cm³/mol. The Bertz CT molecular complexity index is 793. The molecule has 3 heteroatoms. The minimum absolute atomic E-state index is 0.428. The number of aromatic nitrogens is 1. The fourth-order valence-corrected chi connectivity index (χ4v) is 4.34. The molecule has 0 aliphatic carbocycles. The number of rotatable bonds is 3. The third-order valence-electron chi connectivity index (χ3n) is 5.64. The average molecular weight is 305 g/mol. The summed E-state index contributed by atoms with van der Waals surface area (Å²) in [6, 6.07) is 11.5. The van der Waals surface area contributed by atoms with Crippen molar-refractivity contribution in [2.75, 3.05) is 13.1 Å². The highest BCUT2D eigenvalue weighted by atomic mass is 15.2. The molecule has 23 heavy (non-hydrogen) atoms. The molecule has 0 spiro atoms. The van der Waals surface area contributed by atoms with Gasteiger partial charge in [0.2, 0.25) is 0 Å². The third kappa shape index (κ3) is 2.38. The van der Waals surface area contributed by atoms with Crippen molar-refractivity contribution < 1.29 is 0 Å². The molecule has 0 amide bonds. The number of nitriles is 1. The molecule has 2 atom stereocenters. The van der Waals surface area contributed by atoms with Crippen LogP contribution in [0.25, 0.3) is 10.9 Å². The standard InChI is InChI=1S/C20H23N3/c1-2-14(7-10-21)15-8-11-23-12-9-17-16-5-3-4-6-18(16)22-20(17)19(23)13-15/h3-6,8,14,19,22H,2,7,9,11-13H2,1H3. The quantitative estimate of drug-likeness (QED) is 0.857. The van der Waals surface area contributed by atoms with E-state index in [0.717, 1.165) is 32.4 Å². The number of nitrogens with one attached hydrogen (secondary N) is 1. The van der Waals surface area contributed by atoms with Crippen LogP contribution in [0.5, 0.6) is 0 Å². The van der Waals surface area contributed by atoms with E-state index in [9.17, 15) is 0 Å². The first kappa shape index (κ1) is 14.5. The molecular weight excluding hydrogens is 282 g/mol. The van der Waals surface area contributed by atoms with Crippen molar-refractivity contribution in [1.82, 2.24) is 9.88 Å². The molecule has 0 radical (unpaired) electrons. The van der Waals surface area contributed by atoms with E-state index >= 15 is 0 Å². The molecule has 0 fully saturated rings. The Morgan fingerprint density at radius 2 is 2.26 bits per heavy atom. The number of H-pyrrole nitrogens is 1. The fraction of sp³-hybridized carbons (Fsp3) is 0.450. The van der Waals surface area contributed by atoms with Gasteiger partial charge in [-0.2, -0.15) is 5.26 Å². The van der Waals surface area contributed by atoms with Gasteiger partial charge in [-0.3, -0.25) is 4.90 Å². The zero-order valence-corrected chi connectivity index (χ0v) is 13.7. The van der Waals surface area contributed by atoms with Crippen LogP contribution in [0.2, 0.25) is 0 Å². The normalized spacial score (nSPS) is 22.1. The summed E-state index contributed by atoms with van der Waals surface area (Å²) in [6.45, 7) is 4.36. The summed E-state index contributed by atoms with van der Waals surface area (Å²) in [6.07, 6.45) is 6.30. The molecule has 0 bridgehead atoms. The molecule has 0 saturated heterocycles. The molecule has 3 heterocycles. The smallest absolute Gasteiger partial charge is 0.0628 e. The predicted octanol–water partition coefficient (Wildman–Crippen LogP) is 4.34. The summed E-state index contributed by atoms with van der Waals surface area (Å²) in [7, 11) is 0. The second kappa shape index (κ2) is 5.86. The molecule has 2 aliphatic rings. The van der Waals surface area contributed by atoms with E-state index in [4.69, 9.17) is 5.26 Å². The molecule has 1 aromatic heterocycles. The zero-order chi connectivity index (χ0) is 15.8. The van der Waals surface area contributed by atoms with Crippen LogP contribution in [-0.4, -0.2) is 23.0 Å². The number of benzene rings is 1. The van der Waals surface area contributed by atoms with Crippen molar-refractivity contribution in [3.05, 3.63) is 47.2 Å². The highest BCUT2D eigenvalue weighted by molar-refractivity contribution is 5.85. The summed E-state index contributed by atoms with van der Waals surface area (Å²) < 4.78 is 0. The lowest BCUT2D eigenvalue weighted by atomic mass is 9.83. The largest absolute Gasteiger partial charge is 0.357 e. The van der Waals surface area contributed by atoms with Gasteiger partial charge < -0.3 is 4.98 Å². The maximum atomic E-state index is 9.09. The van der Waals surface area contributed by atoms with E-state index in [1.54, 1.807) is 0 Å². The van der Waals surface area contributed by atoms with E-state index in [1.165, 1.54) is 27.7 Å². The lowest BCUT2D eigenvalue weighted by molar-refractivity contribution is 0.185. The van der Waals surface area contributed by atoms with E-state index < -0.39 is 0 Å². The van der Waals surface area contributed by atoms with Crippen molar-refractivity contribution in [3.63, 3.8) is 0 Å². The van der Waals surface area contributed by atoms with Crippen molar-refractivity contribution in [3.8, 4) is 6.07 Å². The van der Waals surface area contributed by atoms with Gasteiger partial charge in [0.15, 0.2) is 0 Å². The molecule has 2 unspecified atom stereocenters. The van der Waals surface area contributed by atoms with E-state index in [0.29, 0.717) is 18.4 Å². The van der Waals surface area contributed by atoms with Crippen molar-refractivity contribution in [2.24, 2.45) is 5.92 Å². The second-order valence-electron chi connectivity index (χ2n) is 6.77. The van der Waals surface area contributed by atoms with Crippen LogP contribution in [0, 0.1) is 17.2 Å². The lowest BCUT2D eigenvalue weighted by Gasteiger charge is -2.40. The van der Waals surface area contributed by atoms with Gasteiger partial charge in [-0.05, 0) is 36.8 Å². The Kier molecular flexibility index (Phi) is 3.71. The van der Waals surface area contributed by atoms with Crippen LogP contribution in [0.3, 0.4) is 0 Å². The summed E-state index contributed by atoms with van der Waals surface area (Å²) in [5, 5.41) is 10.5.